The Morgan fingerprint density at radius 2 is 2.00 bits per heavy atom. The molecular weight excluding hydrogens is 214 g/mol. The minimum absolute atomic E-state index is 0.0853. The Bertz CT molecular complexity index is 270. The monoisotopic (exact) mass is 235 g/mol. The predicted molar refractivity (Wildman–Crippen MR) is 60.5 cm³/mol. The van der Waals surface area contributed by atoms with E-state index in [2.05, 4.69) is 0 Å². The van der Waals surface area contributed by atoms with Crippen molar-refractivity contribution in [2.75, 3.05) is 18.9 Å². The van der Waals surface area contributed by atoms with Crippen LogP contribution in [0.4, 0.5) is 0 Å². The summed E-state index contributed by atoms with van der Waals surface area (Å²) in [5, 5.41) is -0.146. The molecule has 0 heterocycles. The number of hydrogen-bond donors (Lipinski definition) is 1. The summed E-state index contributed by atoms with van der Waals surface area (Å²) in [6.07, 6.45) is 3.36. The number of hydrogen-bond acceptors (Lipinski definition) is 4. The first-order chi connectivity index (χ1) is 7.10. The van der Waals surface area contributed by atoms with Gasteiger partial charge < -0.3 is 10.5 Å². The fourth-order valence-electron chi connectivity index (χ4n) is 2.06. The molecule has 0 saturated heterocycles. The van der Waals surface area contributed by atoms with Gasteiger partial charge in [0.25, 0.3) is 0 Å². The smallest absolute Gasteiger partial charge is 0.155 e. The van der Waals surface area contributed by atoms with Gasteiger partial charge in [-0.15, -0.1) is 0 Å². The molecule has 0 aromatic rings. The van der Waals surface area contributed by atoms with Gasteiger partial charge in [-0.3, -0.25) is 0 Å². The lowest BCUT2D eigenvalue weighted by Gasteiger charge is -2.17. The zero-order valence-electron chi connectivity index (χ0n) is 9.31. The lowest BCUT2D eigenvalue weighted by molar-refractivity contribution is 0.0845. The Hall–Kier alpha value is -0.130. The van der Waals surface area contributed by atoms with Gasteiger partial charge in [0.2, 0.25) is 0 Å². The maximum Gasteiger partial charge on any atom is 0.155 e. The van der Waals surface area contributed by atoms with Gasteiger partial charge >= 0.3 is 0 Å². The van der Waals surface area contributed by atoms with Crippen molar-refractivity contribution in [1.82, 2.24) is 0 Å². The van der Waals surface area contributed by atoms with Gasteiger partial charge in [0, 0.05) is 13.2 Å². The molecule has 0 aromatic carbocycles. The molecule has 1 aliphatic carbocycles. The SMILES string of the molecule is CCOC(CN)CS(=O)(=O)C1CCCC1. The standard InChI is InChI=1S/C10H21NO3S/c1-2-14-9(7-11)8-15(12,13)10-5-3-4-6-10/h9-10H,2-8,11H2,1H3. The van der Waals surface area contributed by atoms with Crippen LogP contribution in [0.25, 0.3) is 0 Å². The summed E-state index contributed by atoms with van der Waals surface area (Å²) in [5.41, 5.74) is 5.48. The molecule has 4 nitrogen and oxygen atoms in total. The van der Waals surface area contributed by atoms with E-state index in [9.17, 15) is 8.42 Å². The number of sulfone groups is 1. The summed E-state index contributed by atoms with van der Waals surface area (Å²) in [5.74, 6) is 0.0853. The van der Waals surface area contributed by atoms with E-state index in [-0.39, 0.29) is 23.7 Å². The predicted octanol–water partition coefficient (Wildman–Crippen LogP) is 0.708. The van der Waals surface area contributed by atoms with E-state index < -0.39 is 9.84 Å². The van der Waals surface area contributed by atoms with Crippen molar-refractivity contribution in [3.05, 3.63) is 0 Å². The van der Waals surface area contributed by atoms with E-state index in [0.29, 0.717) is 6.61 Å². The second-order valence-electron chi connectivity index (χ2n) is 4.05. The highest BCUT2D eigenvalue weighted by Gasteiger charge is 2.30. The van der Waals surface area contributed by atoms with Gasteiger partial charge in [0.05, 0.1) is 17.1 Å². The maximum atomic E-state index is 11.9. The normalized spacial score (nSPS) is 20.7. The Morgan fingerprint density at radius 3 is 2.47 bits per heavy atom. The highest BCUT2D eigenvalue weighted by molar-refractivity contribution is 7.92. The summed E-state index contributed by atoms with van der Waals surface area (Å²) in [6.45, 7) is 2.65. The van der Waals surface area contributed by atoms with E-state index in [4.69, 9.17) is 10.5 Å². The van der Waals surface area contributed by atoms with Crippen molar-refractivity contribution in [2.24, 2.45) is 5.73 Å². The molecule has 0 aliphatic heterocycles. The van der Waals surface area contributed by atoms with E-state index in [1.807, 2.05) is 6.92 Å². The molecule has 5 heteroatoms. The summed E-state index contributed by atoms with van der Waals surface area (Å²) in [7, 11) is -3.00. The molecule has 1 fully saturated rings. The molecule has 1 atom stereocenters. The van der Waals surface area contributed by atoms with Gasteiger partial charge in [0.15, 0.2) is 9.84 Å². The molecule has 1 saturated carbocycles. The van der Waals surface area contributed by atoms with Crippen molar-refractivity contribution in [2.45, 2.75) is 44.0 Å². The van der Waals surface area contributed by atoms with Crippen LogP contribution in [0.2, 0.25) is 0 Å². The highest BCUT2D eigenvalue weighted by Crippen LogP contribution is 2.25. The van der Waals surface area contributed by atoms with Crippen LogP contribution in [-0.4, -0.2) is 38.7 Å². The van der Waals surface area contributed by atoms with Gasteiger partial charge in [-0.2, -0.15) is 0 Å². The van der Waals surface area contributed by atoms with Crippen LogP contribution in [0.1, 0.15) is 32.6 Å². The molecule has 1 aliphatic rings. The molecule has 0 bridgehead atoms. The number of ether oxygens (including phenoxy) is 1. The molecule has 1 rings (SSSR count). The van der Waals surface area contributed by atoms with E-state index in [1.165, 1.54) is 0 Å². The maximum absolute atomic E-state index is 11.9. The lowest BCUT2D eigenvalue weighted by atomic mass is 10.4. The van der Waals surface area contributed by atoms with Gasteiger partial charge in [-0.25, -0.2) is 8.42 Å². The average molecular weight is 235 g/mol. The van der Waals surface area contributed by atoms with Crippen LogP contribution in [0.3, 0.4) is 0 Å². The number of rotatable bonds is 6. The van der Waals surface area contributed by atoms with Crippen molar-refractivity contribution in [1.29, 1.82) is 0 Å². The average Bonchev–Trinajstić information content (AvgIpc) is 2.70. The van der Waals surface area contributed by atoms with Gasteiger partial charge in [0.1, 0.15) is 0 Å². The second kappa shape index (κ2) is 5.82. The van der Waals surface area contributed by atoms with Crippen molar-refractivity contribution < 1.29 is 13.2 Å². The van der Waals surface area contributed by atoms with Gasteiger partial charge in [-0.05, 0) is 19.8 Å². The zero-order valence-corrected chi connectivity index (χ0v) is 10.1. The zero-order chi connectivity index (χ0) is 11.3. The number of nitrogens with two attached hydrogens (primary N) is 1. The Kier molecular flexibility index (Phi) is 5.02. The first-order valence-electron chi connectivity index (χ1n) is 5.63. The van der Waals surface area contributed by atoms with Gasteiger partial charge in [-0.1, -0.05) is 12.8 Å². The third-order valence-electron chi connectivity index (χ3n) is 2.89. The Balaban J connectivity index is 2.53. The molecule has 2 N–H and O–H groups in total. The van der Waals surface area contributed by atoms with E-state index in [1.54, 1.807) is 0 Å². The lowest BCUT2D eigenvalue weighted by Crippen LogP contribution is -2.35. The van der Waals surface area contributed by atoms with Crippen molar-refractivity contribution >= 4 is 9.84 Å². The van der Waals surface area contributed by atoms with E-state index in [0.717, 1.165) is 25.7 Å². The molecule has 0 aromatic heterocycles. The minimum atomic E-state index is -3.00. The van der Waals surface area contributed by atoms with Crippen LogP contribution in [0, 0.1) is 0 Å². The molecule has 0 radical (unpaired) electrons. The summed E-state index contributed by atoms with van der Waals surface area (Å²) in [4.78, 5) is 0. The van der Waals surface area contributed by atoms with Crippen LogP contribution >= 0.6 is 0 Å². The summed E-state index contributed by atoms with van der Waals surface area (Å²) in [6, 6.07) is 0. The molecular formula is C10H21NO3S. The molecule has 1 unspecified atom stereocenters. The Labute approximate surface area is 92.1 Å². The Morgan fingerprint density at radius 1 is 1.40 bits per heavy atom. The first-order valence-corrected chi connectivity index (χ1v) is 7.35. The highest BCUT2D eigenvalue weighted by atomic mass is 32.2. The molecule has 15 heavy (non-hydrogen) atoms. The topological polar surface area (TPSA) is 69.4 Å². The minimum Gasteiger partial charge on any atom is -0.376 e. The summed E-state index contributed by atoms with van der Waals surface area (Å²) < 4.78 is 29.2. The second-order valence-corrected chi connectivity index (χ2v) is 6.37. The molecule has 90 valence electrons. The van der Waals surface area contributed by atoms with Crippen LogP contribution in [-0.2, 0) is 14.6 Å². The van der Waals surface area contributed by atoms with Crippen LogP contribution < -0.4 is 5.73 Å². The van der Waals surface area contributed by atoms with Crippen molar-refractivity contribution in [3.63, 3.8) is 0 Å². The third kappa shape index (κ3) is 3.74. The van der Waals surface area contributed by atoms with Crippen molar-refractivity contribution in [3.8, 4) is 0 Å². The fraction of sp³-hybridized carbons (Fsp3) is 1.00. The molecule has 0 spiro atoms. The van der Waals surface area contributed by atoms with Crippen LogP contribution in [0.15, 0.2) is 0 Å². The largest absolute Gasteiger partial charge is 0.376 e. The first kappa shape index (κ1) is 12.9. The van der Waals surface area contributed by atoms with Crippen LogP contribution in [0.5, 0.6) is 0 Å². The fourth-order valence-corrected chi connectivity index (χ4v) is 4.14. The summed E-state index contributed by atoms with van der Waals surface area (Å²) >= 11 is 0. The third-order valence-corrected chi connectivity index (χ3v) is 5.22. The van der Waals surface area contributed by atoms with E-state index >= 15 is 0 Å². The quantitative estimate of drug-likeness (QED) is 0.736. The molecule has 0 amide bonds.